The number of rotatable bonds is 8. The monoisotopic (exact) mass is 371 g/mol. The highest BCUT2D eigenvalue weighted by Gasteiger charge is 2.25. The highest BCUT2D eigenvalue weighted by atomic mass is 32.2. The topological polar surface area (TPSA) is 99.2 Å². The van der Waals surface area contributed by atoms with Gasteiger partial charge in [-0.25, -0.2) is 13.9 Å². The zero-order valence-electron chi connectivity index (χ0n) is 14.3. The van der Waals surface area contributed by atoms with Gasteiger partial charge in [-0.05, 0) is 19.1 Å². The number of carbonyl (C=O) groups excluding carboxylic acids is 1. The van der Waals surface area contributed by atoms with Crippen molar-refractivity contribution < 1.29 is 23.2 Å². The summed E-state index contributed by atoms with van der Waals surface area (Å²) in [6.07, 6.45) is -0.106. The standard InChI is InChI=1S/C16H25N3O5S/c1-14-2-4-15(5-3-14)25(22,23)19(7-6-16(20)17-21)9-8-18-10-12-24-13-11-18/h2-5,21H,6-13H2,1H3,(H,17,20). The van der Waals surface area contributed by atoms with E-state index in [4.69, 9.17) is 9.94 Å². The van der Waals surface area contributed by atoms with Crippen LogP contribution in [0.5, 0.6) is 0 Å². The van der Waals surface area contributed by atoms with E-state index in [1.54, 1.807) is 24.3 Å². The van der Waals surface area contributed by atoms with Gasteiger partial charge in [0.15, 0.2) is 0 Å². The molecule has 1 saturated heterocycles. The molecule has 140 valence electrons. The Bertz CT molecular complexity index is 657. The van der Waals surface area contributed by atoms with Gasteiger partial charge in [-0.1, -0.05) is 17.7 Å². The lowest BCUT2D eigenvalue weighted by atomic mass is 10.2. The summed E-state index contributed by atoms with van der Waals surface area (Å²) in [4.78, 5) is 13.7. The minimum Gasteiger partial charge on any atom is -0.379 e. The van der Waals surface area contributed by atoms with E-state index in [0.717, 1.165) is 18.7 Å². The first kappa shape index (κ1) is 19.8. The molecule has 0 unspecified atom stereocenters. The minimum atomic E-state index is -3.71. The number of hydroxylamine groups is 1. The van der Waals surface area contributed by atoms with Crippen molar-refractivity contribution in [1.82, 2.24) is 14.7 Å². The third kappa shape index (κ3) is 5.75. The van der Waals surface area contributed by atoms with Crippen LogP contribution in [-0.4, -0.2) is 74.7 Å². The Morgan fingerprint density at radius 3 is 2.48 bits per heavy atom. The van der Waals surface area contributed by atoms with Gasteiger partial charge in [0.2, 0.25) is 15.9 Å². The average molecular weight is 371 g/mol. The van der Waals surface area contributed by atoms with Crippen LogP contribution in [0.2, 0.25) is 0 Å². The van der Waals surface area contributed by atoms with Gasteiger partial charge in [0.05, 0.1) is 18.1 Å². The quantitative estimate of drug-likeness (QED) is 0.501. The molecule has 1 amide bonds. The molecule has 1 fully saturated rings. The fraction of sp³-hybridized carbons (Fsp3) is 0.562. The zero-order valence-corrected chi connectivity index (χ0v) is 15.2. The zero-order chi connectivity index (χ0) is 18.3. The fourth-order valence-corrected chi connectivity index (χ4v) is 4.00. The van der Waals surface area contributed by atoms with Gasteiger partial charge < -0.3 is 4.74 Å². The second-order valence-corrected chi connectivity index (χ2v) is 7.89. The molecule has 2 rings (SSSR count). The molecule has 1 heterocycles. The Kier molecular flexibility index (Phi) is 7.33. The van der Waals surface area contributed by atoms with Crippen LogP contribution in [-0.2, 0) is 19.6 Å². The molecular weight excluding hydrogens is 346 g/mol. The molecule has 8 nitrogen and oxygen atoms in total. The van der Waals surface area contributed by atoms with Gasteiger partial charge in [-0.15, -0.1) is 0 Å². The van der Waals surface area contributed by atoms with Crippen LogP contribution in [0.15, 0.2) is 29.2 Å². The number of benzene rings is 1. The van der Waals surface area contributed by atoms with E-state index in [-0.39, 0.29) is 24.4 Å². The number of nitrogens with zero attached hydrogens (tertiary/aromatic N) is 2. The van der Waals surface area contributed by atoms with Crippen LogP contribution >= 0.6 is 0 Å². The van der Waals surface area contributed by atoms with Gasteiger partial charge in [-0.3, -0.25) is 14.9 Å². The molecule has 0 aromatic heterocycles. The summed E-state index contributed by atoms with van der Waals surface area (Å²) in [6.45, 7) is 5.52. The van der Waals surface area contributed by atoms with E-state index in [9.17, 15) is 13.2 Å². The second kappa shape index (κ2) is 9.25. The molecule has 9 heteroatoms. The fourth-order valence-electron chi connectivity index (χ4n) is 2.57. The maximum Gasteiger partial charge on any atom is 0.244 e. The molecular formula is C16H25N3O5S. The molecule has 0 bridgehead atoms. The van der Waals surface area contributed by atoms with Crippen LogP contribution < -0.4 is 5.48 Å². The Morgan fingerprint density at radius 2 is 1.88 bits per heavy atom. The summed E-state index contributed by atoms with van der Waals surface area (Å²) in [5.41, 5.74) is 2.51. The number of hydrogen-bond donors (Lipinski definition) is 2. The first-order chi connectivity index (χ1) is 11.9. The van der Waals surface area contributed by atoms with Crippen molar-refractivity contribution in [3.8, 4) is 0 Å². The lowest BCUT2D eigenvalue weighted by molar-refractivity contribution is -0.129. The van der Waals surface area contributed by atoms with Crippen LogP contribution in [0.25, 0.3) is 0 Å². The van der Waals surface area contributed by atoms with Crippen molar-refractivity contribution in [2.24, 2.45) is 0 Å². The minimum absolute atomic E-state index is 0.00689. The molecule has 1 aromatic rings. The first-order valence-electron chi connectivity index (χ1n) is 8.23. The highest BCUT2D eigenvalue weighted by Crippen LogP contribution is 2.17. The van der Waals surface area contributed by atoms with E-state index in [1.165, 1.54) is 9.79 Å². The summed E-state index contributed by atoms with van der Waals surface area (Å²) in [5, 5.41) is 8.64. The Balaban J connectivity index is 2.10. The van der Waals surface area contributed by atoms with E-state index in [0.29, 0.717) is 19.8 Å². The number of carbonyl (C=O) groups is 1. The normalized spacial score (nSPS) is 16.1. The van der Waals surface area contributed by atoms with Crippen molar-refractivity contribution in [3.63, 3.8) is 0 Å². The number of amides is 1. The average Bonchev–Trinajstić information content (AvgIpc) is 2.62. The Morgan fingerprint density at radius 1 is 1.24 bits per heavy atom. The van der Waals surface area contributed by atoms with Crippen molar-refractivity contribution in [2.45, 2.75) is 18.2 Å². The van der Waals surface area contributed by atoms with Gasteiger partial charge >= 0.3 is 0 Å². The van der Waals surface area contributed by atoms with Gasteiger partial charge in [0.25, 0.3) is 0 Å². The Hall–Kier alpha value is -1.52. The highest BCUT2D eigenvalue weighted by molar-refractivity contribution is 7.89. The van der Waals surface area contributed by atoms with Gasteiger partial charge in [0.1, 0.15) is 0 Å². The predicted octanol–water partition coefficient (Wildman–Crippen LogP) is 0.213. The molecule has 0 atom stereocenters. The summed E-state index contributed by atoms with van der Waals surface area (Å²) < 4.78 is 32.4. The SMILES string of the molecule is Cc1ccc(S(=O)(=O)N(CCC(=O)NO)CCN2CCOCC2)cc1. The molecule has 1 aromatic carbocycles. The third-order valence-corrected chi connectivity index (χ3v) is 6.05. The van der Waals surface area contributed by atoms with Crippen LogP contribution in [0.3, 0.4) is 0 Å². The molecule has 0 radical (unpaired) electrons. The summed E-state index contributed by atoms with van der Waals surface area (Å²) in [5.74, 6) is -0.615. The molecule has 0 saturated carbocycles. The van der Waals surface area contributed by atoms with Gasteiger partial charge in [0, 0.05) is 39.1 Å². The van der Waals surface area contributed by atoms with Crippen molar-refractivity contribution in [3.05, 3.63) is 29.8 Å². The summed E-state index contributed by atoms with van der Waals surface area (Å²) in [7, 11) is -3.71. The van der Waals surface area contributed by atoms with Crippen molar-refractivity contribution in [1.29, 1.82) is 0 Å². The maximum atomic E-state index is 12.9. The number of aryl methyl sites for hydroxylation is 1. The number of nitrogens with one attached hydrogen (secondary N) is 1. The maximum absolute atomic E-state index is 12.9. The number of ether oxygens (including phenoxy) is 1. The molecule has 25 heavy (non-hydrogen) atoms. The smallest absolute Gasteiger partial charge is 0.244 e. The first-order valence-corrected chi connectivity index (χ1v) is 9.67. The number of hydrogen-bond acceptors (Lipinski definition) is 6. The number of morpholine rings is 1. The summed E-state index contributed by atoms with van der Waals surface area (Å²) >= 11 is 0. The molecule has 0 spiro atoms. The summed E-state index contributed by atoms with van der Waals surface area (Å²) in [6, 6.07) is 6.62. The third-order valence-electron chi connectivity index (χ3n) is 4.14. The molecule has 2 N–H and O–H groups in total. The Labute approximate surface area is 148 Å². The van der Waals surface area contributed by atoms with Crippen LogP contribution in [0, 0.1) is 6.92 Å². The van der Waals surface area contributed by atoms with Crippen molar-refractivity contribution in [2.75, 3.05) is 45.9 Å². The van der Waals surface area contributed by atoms with E-state index >= 15 is 0 Å². The number of sulfonamides is 1. The van der Waals surface area contributed by atoms with E-state index in [2.05, 4.69) is 4.90 Å². The molecule has 0 aliphatic carbocycles. The largest absolute Gasteiger partial charge is 0.379 e. The lowest BCUT2D eigenvalue weighted by Crippen LogP contribution is -2.43. The lowest BCUT2D eigenvalue weighted by Gasteiger charge is -2.29. The van der Waals surface area contributed by atoms with Crippen molar-refractivity contribution >= 4 is 15.9 Å². The predicted molar refractivity (Wildman–Crippen MR) is 91.7 cm³/mol. The second-order valence-electron chi connectivity index (χ2n) is 5.96. The van der Waals surface area contributed by atoms with E-state index in [1.807, 2.05) is 6.92 Å². The van der Waals surface area contributed by atoms with Crippen LogP contribution in [0.4, 0.5) is 0 Å². The molecule has 1 aliphatic rings. The van der Waals surface area contributed by atoms with E-state index < -0.39 is 15.9 Å². The van der Waals surface area contributed by atoms with Gasteiger partial charge in [-0.2, -0.15) is 4.31 Å². The van der Waals surface area contributed by atoms with Crippen LogP contribution in [0.1, 0.15) is 12.0 Å². The molecule has 1 aliphatic heterocycles.